The molecular formula is C43H51N5O8S. The quantitative estimate of drug-likeness (QED) is 0.215. The largest absolute Gasteiger partial charge is 0.488 e. The Morgan fingerprint density at radius 3 is 2.63 bits per heavy atom. The molecule has 3 aromatic rings. The molecule has 57 heavy (non-hydrogen) atoms. The van der Waals surface area contributed by atoms with E-state index >= 15 is 0 Å². The van der Waals surface area contributed by atoms with Crippen LogP contribution in [-0.2, 0) is 29.1 Å². The molecule has 4 aliphatic rings. The average Bonchev–Trinajstić information content (AvgIpc) is 4.14. The minimum atomic E-state index is -3.90. The van der Waals surface area contributed by atoms with Gasteiger partial charge in [-0.15, -0.1) is 6.58 Å². The molecule has 4 bridgehead atoms. The molecule has 14 heteroatoms. The number of hydrogen-bond donors (Lipinski definition) is 3. The molecule has 0 radical (unpaired) electrons. The van der Waals surface area contributed by atoms with Crippen molar-refractivity contribution in [1.82, 2.24) is 25.2 Å². The lowest BCUT2D eigenvalue weighted by Crippen LogP contribution is -2.58. The number of benzene rings is 2. The topological polar surface area (TPSA) is 173 Å². The lowest BCUT2D eigenvalue weighted by molar-refractivity contribution is -0.141. The van der Waals surface area contributed by atoms with E-state index in [1.165, 1.54) is 11.0 Å². The van der Waals surface area contributed by atoms with E-state index in [2.05, 4.69) is 34.1 Å². The molecule has 0 spiro atoms. The Morgan fingerprint density at radius 2 is 1.89 bits per heavy atom. The molecular weight excluding hydrogens is 747 g/mol. The van der Waals surface area contributed by atoms with E-state index < -0.39 is 68.7 Å². The normalized spacial score (nSPS) is 26.1. The van der Waals surface area contributed by atoms with Gasteiger partial charge in [0.05, 0.1) is 29.6 Å². The number of pyridine rings is 1. The Hall–Kier alpha value is -5.24. The molecule has 3 heterocycles. The number of carbonyl (C=O) groups is 4. The minimum Gasteiger partial charge on any atom is -0.488 e. The number of carbonyl (C=O) groups excluding carboxylic acids is 4. The number of ether oxygens (including phenoxy) is 2. The van der Waals surface area contributed by atoms with E-state index in [4.69, 9.17) is 14.5 Å². The van der Waals surface area contributed by atoms with Crippen LogP contribution in [0.15, 0.2) is 73.3 Å². The van der Waals surface area contributed by atoms with Crippen LogP contribution >= 0.6 is 0 Å². The predicted octanol–water partition coefficient (Wildman–Crippen LogP) is 5.79. The van der Waals surface area contributed by atoms with E-state index in [9.17, 15) is 27.6 Å². The monoisotopic (exact) mass is 797 g/mol. The summed E-state index contributed by atoms with van der Waals surface area (Å²) in [7, 11) is -3.90. The summed E-state index contributed by atoms with van der Waals surface area (Å²) in [6, 6.07) is 15.5. The standard InChI is InChI=1S/C43H51N5O8S/c1-3-5-17-35-40(50)48-27-31(24-37(48)39(49)46-43(26-30(43)4-2)41(51)47-57(53,54)32-19-20-32)56-38-25-36(29-15-11-9-12-16-29)44-34-21-18-28(23-33(34)38)14-10-7-6-8-13-22-55-42(52)45-35/h4,9-12,14-16,18,21,23,25,30-32,35,37H,2-3,5-8,13,17,19-20,22,24,26-27H2,1H3,(H,45,52)(H,46,49)(H,47,51)/b14-10+/t30-,31?,35+,37+,43-/m1/s1. The highest BCUT2D eigenvalue weighted by molar-refractivity contribution is 7.91. The number of nitrogens with zero attached hydrogens (tertiary/aromatic N) is 2. The number of fused-ring (bicyclic) bond motifs is 3. The van der Waals surface area contributed by atoms with Gasteiger partial charge in [-0.2, -0.15) is 0 Å². The van der Waals surface area contributed by atoms with Crippen LogP contribution in [-0.4, -0.2) is 84.2 Å². The third kappa shape index (κ3) is 9.16. The molecule has 7 rings (SSSR count). The van der Waals surface area contributed by atoms with Gasteiger partial charge in [0.15, 0.2) is 0 Å². The second-order valence-corrected chi connectivity index (χ2v) is 17.5. The van der Waals surface area contributed by atoms with Crippen LogP contribution in [0.25, 0.3) is 28.2 Å². The highest BCUT2D eigenvalue weighted by Crippen LogP contribution is 2.45. The van der Waals surface area contributed by atoms with Crippen LogP contribution in [0.1, 0.15) is 83.1 Å². The summed E-state index contributed by atoms with van der Waals surface area (Å²) < 4.78 is 40.0. The van der Waals surface area contributed by atoms with Crippen LogP contribution in [0, 0.1) is 5.92 Å². The first-order chi connectivity index (χ1) is 27.5. The number of unbranched alkanes of at least 4 members (excludes halogenated alkanes) is 1. The van der Waals surface area contributed by atoms with Crippen molar-refractivity contribution >= 4 is 50.8 Å². The summed E-state index contributed by atoms with van der Waals surface area (Å²) in [6.45, 7) is 5.99. The first-order valence-corrected chi connectivity index (χ1v) is 21.6. The fraction of sp³-hybridized carbons (Fsp3) is 0.465. The maximum Gasteiger partial charge on any atom is 0.407 e. The number of cyclic esters (lactones) is 1. The van der Waals surface area contributed by atoms with Gasteiger partial charge in [0.25, 0.3) is 5.91 Å². The fourth-order valence-electron chi connectivity index (χ4n) is 7.72. The highest BCUT2D eigenvalue weighted by atomic mass is 32.2. The number of sulfonamides is 1. The Morgan fingerprint density at radius 1 is 1.09 bits per heavy atom. The van der Waals surface area contributed by atoms with Crippen molar-refractivity contribution in [3.63, 3.8) is 0 Å². The molecule has 2 aliphatic carbocycles. The summed E-state index contributed by atoms with van der Waals surface area (Å²) in [5.74, 6) is -1.93. The number of amides is 4. The molecule has 2 saturated carbocycles. The summed E-state index contributed by atoms with van der Waals surface area (Å²) in [4.78, 5) is 62.0. The molecule has 1 unspecified atom stereocenters. The lowest BCUT2D eigenvalue weighted by Gasteiger charge is -2.29. The van der Waals surface area contributed by atoms with Crippen LogP contribution in [0.4, 0.5) is 4.79 Å². The Balaban J connectivity index is 1.24. The van der Waals surface area contributed by atoms with Gasteiger partial charge >= 0.3 is 6.09 Å². The molecule has 13 nitrogen and oxygen atoms in total. The first kappa shape index (κ1) is 40.0. The molecule has 3 fully saturated rings. The maximum absolute atomic E-state index is 14.6. The summed E-state index contributed by atoms with van der Waals surface area (Å²) in [5.41, 5.74) is 1.71. The van der Waals surface area contributed by atoms with Crippen molar-refractivity contribution in [3.8, 4) is 17.0 Å². The lowest BCUT2D eigenvalue weighted by atomic mass is 10.1. The Kier molecular flexibility index (Phi) is 12.0. The molecule has 3 N–H and O–H groups in total. The van der Waals surface area contributed by atoms with Gasteiger partial charge in [-0.1, -0.05) is 74.4 Å². The van der Waals surface area contributed by atoms with Gasteiger partial charge in [0.1, 0.15) is 29.5 Å². The van der Waals surface area contributed by atoms with Gasteiger partial charge in [-0.25, -0.2) is 18.2 Å². The molecule has 302 valence electrons. The van der Waals surface area contributed by atoms with Crippen molar-refractivity contribution in [1.29, 1.82) is 0 Å². The highest BCUT2D eigenvalue weighted by Gasteiger charge is 2.62. The van der Waals surface area contributed by atoms with Gasteiger partial charge in [-0.3, -0.25) is 19.1 Å². The van der Waals surface area contributed by atoms with E-state index in [0.717, 1.165) is 42.2 Å². The van der Waals surface area contributed by atoms with Gasteiger partial charge in [-0.05, 0) is 69.1 Å². The third-order valence-electron chi connectivity index (χ3n) is 11.3. The molecule has 1 aromatic heterocycles. The molecule has 2 aromatic carbocycles. The SMILES string of the molecule is C=C[C@@H]1C[C@]1(NC(=O)[C@@H]1CC2CN1C(=O)[C@H](CCCC)NC(=O)OCCCCC/C=C/c1ccc3nc(-c4ccccc4)cc(c3c1)O2)C(=O)NS(=O)(=O)C1CC1. The van der Waals surface area contributed by atoms with E-state index in [1.54, 1.807) is 0 Å². The smallest absolute Gasteiger partial charge is 0.407 e. The molecule has 4 amide bonds. The molecule has 1 saturated heterocycles. The zero-order chi connectivity index (χ0) is 40.2. The number of rotatable bonds is 10. The van der Waals surface area contributed by atoms with Crippen molar-refractivity contribution in [3.05, 3.63) is 78.9 Å². The molecule has 2 aliphatic heterocycles. The summed E-state index contributed by atoms with van der Waals surface area (Å²) in [5, 5.41) is 5.73. The zero-order valence-electron chi connectivity index (χ0n) is 32.3. The Bertz CT molecular complexity index is 2160. The van der Waals surface area contributed by atoms with E-state index in [0.29, 0.717) is 49.1 Å². The van der Waals surface area contributed by atoms with Gasteiger partial charge < -0.3 is 25.0 Å². The van der Waals surface area contributed by atoms with Gasteiger partial charge in [0.2, 0.25) is 21.8 Å². The van der Waals surface area contributed by atoms with Crippen LogP contribution in [0.3, 0.4) is 0 Å². The van der Waals surface area contributed by atoms with Crippen molar-refractivity contribution in [2.24, 2.45) is 5.92 Å². The number of allylic oxidation sites excluding steroid dienone is 1. The number of nitrogens with one attached hydrogen (secondary N) is 3. The Labute approximate surface area is 333 Å². The second kappa shape index (κ2) is 17.1. The summed E-state index contributed by atoms with van der Waals surface area (Å²) in [6.07, 6.45) is 10.4. The minimum absolute atomic E-state index is 0.000491. The van der Waals surface area contributed by atoms with Crippen molar-refractivity contribution < 1.29 is 37.1 Å². The van der Waals surface area contributed by atoms with Crippen LogP contribution < -0.4 is 20.1 Å². The number of aromatic nitrogens is 1. The predicted molar refractivity (Wildman–Crippen MR) is 216 cm³/mol. The van der Waals surface area contributed by atoms with Crippen molar-refractivity contribution in [2.75, 3.05) is 13.2 Å². The average molecular weight is 798 g/mol. The van der Waals surface area contributed by atoms with Crippen molar-refractivity contribution in [2.45, 2.75) is 107 Å². The second-order valence-electron chi connectivity index (χ2n) is 15.5. The first-order valence-electron chi connectivity index (χ1n) is 20.1. The van der Waals surface area contributed by atoms with Crippen LogP contribution in [0.2, 0.25) is 0 Å². The fourth-order valence-corrected chi connectivity index (χ4v) is 9.08. The van der Waals surface area contributed by atoms with E-state index in [-0.39, 0.29) is 26.0 Å². The van der Waals surface area contributed by atoms with Gasteiger partial charge in [0, 0.05) is 29.4 Å². The van der Waals surface area contributed by atoms with Crippen LogP contribution in [0.5, 0.6) is 5.75 Å². The van der Waals surface area contributed by atoms with E-state index in [1.807, 2.05) is 61.5 Å². The zero-order valence-corrected chi connectivity index (χ0v) is 33.1. The number of alkyl carbamates (subject to hydrolysis) is 1. The summed E-state index contributed by atoms with van der Waals surface area (Å²) >= 11 is 0. The third-order valence-corrected chi connectivity index (χ3v) is 13.1. The molecule has 5 atom stereocenters. The number of hydrogen-bond acceptors (Lipinski definition) is 9. The maximum atomic E-state index is 14.6.